The fourth-order valence-electron chi connectivity index (χ4n) is 6.59. The largest absolute Gasteiger partial charge is 0.444 e. The maximum atomic E-state index is 14.9. The van der Waals surface area contributed by atoms with Crippen LogP contribution in [0.1, 0.15) is 78.5 Å². The van der Waals surface area contributed by atoms with Gasteiger partial charge in [-0.25, -0.2) is 9.37 Å². The van der Waals surface area contributed by atoms with Crippen molar-refractivity contribution in [1.29, 1.82) is 5.26 Å². The van der Waals surface area contributed by atoms with Crippen LogP contribution in [0.25, 0.3) is 11.4 Å². The molecule has 4 aromatic rings. The van der Waals surface area contributed by atoms with Crippen LogP contribution < -0.4 is 14.8 Å². The summed E-state index contributed by atoms with van der Waals surface area (Å²) < 4.78 is 27.4. The van der Waals surface area contributed by atoms with E-state index in [9.17, 15) is 14.4 Å². The van der Waals surface area contributed by atoms with Crippen LogP contribution in [0.2, 0.25) is 5.02 Å². The lowest BCUT2D eigenvalue weighted by atomic mass is 9.88. The lowest BCUT2D eigenvalue weighted by molar-refractivity contribution is -0.0712. The van der Waals surface area contributed by atoms with Crippen molar-refractivity contribution in [2.45, 2.75) is 64.2 Å². The zero-order valence-corrected chi connectivity index (χ0v) is 27.0. The molecule has 1 saturated carbocycles. The van der Waals surface area contributed by atoms with E-state index in [-0.39, 0.29) is 23.1 Å². The van der Waals surface area contributed by atoms with Gasteiger partial charge in [0.1, 0.15) is 5.82 Å². The highest BCUT2D eigenvalue weighted by Gasteiger charge is 2.44. The van der Waals surface area contributed by atoms with Crippen LogP contribution in [-0.4, -0.2) is 50.6 Å². The number of pyridine rings is 1. The minimum Gasteiger partial charge on any atom is -0.444 e. The van der Waals surface area contributed by atoms with Crippen molar-refractivity contribution in [1.82, 2.24) is 30.4 Å². The van der Waals surface area contributed by atoms with E-state index < -0.39 is 11.6 Å². The highest BCUT2D eigenvalue weighted by Crippen LogP contribution is 2.50. The van der Waals surface area contributed by atoms with Gasteiger partial charge in [-0.3, -0.25) is 19.8 Å². The number of fused-ring (bicyclic) bond motifs is 1. The number of hydrogen-bond acceptors (Lipinski definition) is 8. The summed E-state index contributed by atoms with van der Waals surface area (Å²) in [5.41, 5.74) is 3.65. The molecule has 7 rings (SSSR count). The van der Waals surface area contributed by atoms with Gasteiger partial charge in [0.25, 0.3) is 11.7 Å². The fraction of sp³-hybridized carbons (Fsp3) is 0.400. The van der Waals surface area contributed by atoms with Crippen LogP contribution in [0.3, 0.4) is 0 Å². The van der Waals surface area contributed by atoms with Crippen LogP contribution in [-0.2, 0) is 18.8 Å². The Labute approximate surface area is 277 Å². The van der Waals surface area contributed by atoms with Crippen LogP contribution in [0.5, 0.6) is 11.5 Å². The van der Waals surface area contributed by atoms with E-state index >= 15 is 0 Å². The number of ether oxygens (including phenoxy) is 2. The van der Waals surface area contributed by atoms with Crippen LogP contribution in [0, 0.1) is 22.6 Å². The number of hydrogen-bond donors (Lipinski definition) is 2. The SMILES string of the molecule is CCNC(=O)c1nc(-c2cnc(CN3CCC(c4cccc5c4O[C@@](C)(c4ccc(Cl)cc4F)O5)CC3)c(CC3(C#N)CC3)c2)n[nH]1. The van der Waals surface area contributed by atoms with Crippen molar-refractivity contribution in [3.05, 3.63) is 87.7 Å². The lowest BCUT2D eigenvalue weighted by Gasteiger charge is -2.33. The third kappa shape index (κ3) is 6.15. The Morgan fingerprint density at radius 3 is 2.74 bits per heavy atom. The average Bonchev–Trinajstić information content (AvgIpc) is 3.48. The Morgan fingerprint density at radius 1 is 1.21 bits per heavy atom. The number of aromatic amines is 1. The third-order valence-corrected chi connectivity index (χ3v) is 9.64. The fourth-order valence-corrected chi connectivity index (χ4v) is 6.75. The molecule has 47 heavy (non-hydrogen) atoms. The number of benzene rings is 2. The number of carbonyl (C=O) groups excluding carboxylic acids is 1. The zero-order valence-electron chi connectivity index (χ0n) is 26.3. The smallest absolute Gasteiger partial charge is 0.288 e. The van der Waals surface area contributed by atoms with E-state index in [4.69, 9.17) is 26.1 Å². The Kier molecular flexibility index (Phi) is 8.10. The maximum Gasteiger partial charge on any atom is 0.288 e. The number of nitrogens with one attached hydrogen (secondary N) is 2. The van der Waals surface area contributed by atoms with Crippen molar-refractivity contribution in [2.75, 3.05) is 19.6 Å². The van der Waals surface area contributed by atoms with E-state index in [2.05, 4.69) is 37.5 Å². The number of para-hydroxylation sites is 1. The number of H-pyrrole nitrogens is 1. The molecule has 1 saturated heterocycles. The average molecular weight is 656 g/mol. The summed E-state index contributed by atoms with van der Waals surface area (Å²) >= 11 is 5.98. The second kappa shape index (κ2) is 12.2. The number of carbonyl (C=O) groups is 1. The van der Waals surface area contributed by atoms with E-state index in [1.54, 1.807) is 25.3 Å². The number of amides is 1. The molecule has 0 bridgehead atoms. The number of nitrogens with zero attached hydrogens (tertiary/aromatic N) is 5. The first kappa shape index (κ1) is 31.1. The van der Waals surface area contributed by atoms with Gasteiger partial charge in [-0.1, -0.05) is 23.7 Å². The van der Waals surface area contributed by atoms with Crippen molar-refractivity contribution >= 4 is 17.5 Å². The molecule has 3 aliphatic rings. The second-order valence-electron chi connectivity index (χ2n) is 12.8. The van der Waals surface area contributed by atoms with Gasteiger partial charge in [0.05, 0.1) is 22.7 Å². The summed E-state index contributed by atoms with van der Waals surface area (Å²) in [6.45, 7) is 6.41. The highest BCUT2D eigenvalue weighted by atomic mass is 35.5. The van der Waals surface area contributed by atoms with Gasteiger partial charge < -0.3 is 14.8 Å². The monoisotopic (exact) mass is 655 g/mol. The predicted octanol–water partition coefficient (Wildman–Crippen LogP) is 6.28. The molecular formula is C35H35ClFN7O3. The van der Waals surface area contributed by atoms with E-state index in [1.807, 2.05) is 25.1 Å². The standard InChI is InChI=1S/C35H35ClFN7O3/c1-3-39-33(45)32-41-31(42-43-32)23-15-22(17-35(20-38)11-12-35)28(40-18-23)19-44-13-9-21(10-14-44)25-5-4-6-29-30(25)47-34(2,46-29)26-8-7-24(36)16-27(26)37/h4-8,15-16,18,21H,3,9-14,17,19H2,1-2H3,(H,39,45)(H,41,42,43)/t34-/m0/s1. The molecule has 10 nitrogen and oxygen atoms in total. The molecule has 2 N–H and O–H groups in total. The van der Waals surface area contributed by atoms with Crippen molar-refractivity contribution in [2.24, 2.45) is 5.41 Å². The molecule has 0 unspecified atom stereocenters. The molecule has 1 amide bonds. The summed E-state index contributed by atoms with van der Waals surface area (Å²) in [4.78, 5) is 23.8. The third-order valence-electron chi connectivity index (χ3n) is 9.41. The molecular weight excluding hydrogens is 621 g/mol. The minimum atomic E-state index is -1.29. The van der Waals surface area contributed by atoms with Gasteiger partial charge >= 0.3 is 0 Å². The molecule has 12 heteroatoms. The first-order valence-electron chi connectivity index (χ1n) is 16.0. The number of rotatable bonds is 9. The zero-order chi connectivity index (χ0) is 32.8. The van der Waals surface area contributed by atoms with Crippen molar-refractivity contribution < 1.29 is 18.7 Å². The quantitative estimate of drug-likeness (QED) is 0.216. The molecule has 2 aromatic heterocycles. The first-order chi connectivity index (χ1) is 22.7. The summed E-state index contributed by atoms with van der Waals surface area (Å²) in [6.07, 6.45) is 5.91. The Balaban J connectivity index is 1.06. The molecule has 1 atom stereocenters. The molecule has 0 spiro atoms. The van der Waals surface area contributed by atoms with Crippen molar-refractivity contribution in [3.8, 4) is 29.0 Å². The second-order valence-corrected chi connectivity index (χ2v) is 13.2. The van der Waals surface area contributed by atoms with Gasteiger partial charge in [-0.15, -0.1) is 0 Å². The van der Waals surface area contributed by atoms with Gasteiger partial charge in [0, 0.05) is 42.4 Å². The molecule has 0 radical (unpaired) electrons. The summed E-state index contributed by atoms with van der Waals surface area (Å²) in [5, 5.41) is 19.9. The predicted molar refractivity (Wildman–Crippen MR) is 172 cm³/mol. The van der Waals surface area contributed by atoms with Crippen molar-refractivity contribution in [3.63, 3.8) is 0 Å². The Hall–Kier alpha value is -4.53. The van der Waals surface area contributed by atoms with Crippen LogP contribution in [0.15, 0.2) is 48.7 Å². The van der Waals surface area contributed by atoms with Gasteiger partial charge in [-0.2, -0.15) is 10.4 Å². The summed E-state index contributed by atoms with van der Waals surface area (Å²) in [5.74, 6) is -0.0303. The number of nitriles is 1. The molecule has 2 aromatic carbocycles. The van der Waals surface area contributed by atoms with E-state index in [0.717, 1.165) is 55.6 Å². The normalized spacial score (nSPS) is 20.1. The molecule has 2 fully saturated rings. The summed E-state index contributed by atoms with van der Waals surface area (Å²) in [7, 11) is 0. The Bertz CT molecular complexity index is 1880. The lowest BCUT2D eigenvalue weighted by Crippen LogP contribution is -2.34. The topological polar surface area (TPSA) is 129 Å². The molecule has 4 heterocycles. The number of halogens is 2. The van der Waals surface area contributed by atoms with Crippen LogP contribution in [0.4, 0.5) is 4.39 Å². The molecule has 2 aliphatic heterocycles. The first-order valence-corrected chi connectivity index (χ1v) is 16.4. The number of piperidine rings is 1. The van der Waals surface area contributed by atoms with E-state index in [0.29, 0.717) is 53.0 Å². The number of aromatic nitrogens is 4. The van der Waals surface area contributed by atoms with Gasteiger partial charge in [0.2, 0.25) is 5.82 Å². The highest BCUT2D eigenvalue weighted by molar-refractivity contribution is 6.30. The van der Waals surface area contributed by atoms with Gasteiger partial charge in [0.15, 0.2) is 17.3 Å². The Morgan fingerprint density at radius 2 is 2.02 bits per heavy atom. The maximum absolute atomic E-state index is 14.9. The van der Waals surface area contributed by atoms with Crippen LogP contribution >= 0.6 is 11.6 Å². The van der Waals surface area contributed by atoms with E-state index in [1.165, 1.54) is 6.07 Å². The minimum absolute atomic E-state index is 0.147. The van der Waals surface area contributed by atoms with Gasteiger partial charge in [-0.05, 0) is 93.9 Å². The number of likely N-dealkylation sites (tertiary alicyclic amines) is 1. The molecule has 1 aliphatic carbocycles. The summed E-state index contributed by atoms with van der Waals surface area (Å²) in [6, 6.07) is 14.9. The molecule has 242 valence electrons.